The van der Waals surface area contributed by atoms with E-state index in [1.165, 1.54) is 0 Å². The van der Waals surface area contributed by atoms with Gasteiger partial charge < -0.3 is 4.42 Å². The molecule has 0 spiro atoms. The summed E-state index contributed by atoms with van der Waals surface area (Å²) in [5, 5.41) is 2.00. The molecule has 132 valence electrons. The standard InChI is InChI=1S/C24H18O2S/c1-16(22-15-19-10-5-6-13-21(19)24(27)26-22)18-11-7-12-20(14-18)23(25)17-8-3-2-4-9-17/h2-16H,1H3. The molecule has 0 radical (unpaired) electrons. The number of carbonyl (C=O) groups is 1. The van der Waals surface area contributed by atoms with Crippen LogP contribution in [-0.2, 0) is 0 Å². The molecule has 0 N–H and O–H groups in total. The highest BCUT2D eigenvalue weighted by Gasteiger charge is 2.15. The van der Waals surface area contributed by atoms with E-state index in [2.05, 4.69) is 6.92 Å². The predicted octanol–water partition coefficient (Wildman–Crippen LogP) is 6.55. The fourth-order valence-corrected chi connectivity index (χ4v) is 3.52. The Labute approximate surface area is 163 Å². The molecule has 0 saturated heterocycles. The molecule has 0 bridgehead atoms. The molecule has 4 aromatic rings. The third-order valence-corrected chi connectivity index (χ3v) is 5.10. The summed E-state index contributed by atoms with van der Waals surface area (Å²) in [6.07, 6.45) is 0. The van der Waals surface area contributed by atoms with Gasteiger partial charge >= 0.3 is 0 Å². The number of fused-ring (bicyclic) bond motifs is 1. The van der Waals surface area contributed by atoms with Gasteiger partial charge in [0.05, 0.1) is 0 Å². The molecule has 0 aliphatic rings. The van der Waals surface area contributed by atoms with Gasteiger partial charge in [-0.2, -0.15) is 0 Å². The molecule has 27 heavy (non-hydrogen) atoms. The number of benzene rings is 3. The maximum absolute atomic E-state index is 12.7. The lowest BCUT2D eigenvalue weighted by Crippen LogP contribution is -2.03. The number of hydrogen-bond acceptors (Lipinski definition) is 3. The van der Waals surface area contributed by atoms with Crippen molar-refractivity contribution in [2.45, 2.75) is 12.8 Å². The van der Waals surface area contributed by atoms with Gasteiger partial charge in [0.1, 0.15) is 5.76 Å². The second-order valence-corrected chi connectivity index (χ2v) is 6.94. The van der Waals surface area contributed by atoms with Crippen LogP contribution in [0.15, 0.2) is 89.3 Å². The summed E-state index contributed by atoms with van der Waals surface area (Å²) in [4.78, 5) is 12.7. The van der Waals surface area contributed by atoms with Gasteiger partial charge in [-0.05, 0) is 41.4 Å². The van der Waals surface area contributed by atoms with E-state index in [0.717, 1.165) is 22.1 Å². The molecular weight excluding hydrogens is 352 g/mol. The van der Waals surface area contributed by atoms with Crippen molar-refractivity contribution < 1.29 is 9.21 Å². The van der Waals surface area contributed by atoms with Crippen LogP contribution in [0.25, 0.3) is 10.8 Å². The quantitative estimate of drug-likeness (QED) is 0.301. The zero-order valence-electron chi connectivity index (χ0n) is 14.9. The molecule has 4 rings (SSSR count). The Hall–Kier alpha value is -3.04. The molecule has 0 aliphatic carbocycles. The second kappa shape index (κ2) is 7.29. The largest absolute Gasteiger partial charge is 0.449 e. The van der Waals surface area contributed by atoms with Crippen LogP contribution in [0.1, 0.15) is 40.1 Å². The molecule has 3 heteroatoms. The normalized spacial score (nSPS) is 12.0. The summed E-state index contributed by atoms with van der Waals surface area (Å²) >= 11 is 5.42. The van der Waals surface area contributed by atoms with Gasteiger partial charge in [-0.3, -0.25) is 4.79 Å². The first-order valence-corrected chi connectivity index (χ1v) is 9.27. The van der Waals surface area contributed by atoms with Gasteiger partial charge in [-0.15, -0.1) is 0 Å². The fraction of sp³-hybridized carbons (Fsp3) is 0.0833. The Morgan fingerprint density at radius 3 is 2.37 bits per heavy atom. The Morgan fingerprint density at radius 1 is 0.852 bits per heavy atom. The maximum atomic E-state index is 12.7. The van der Waals surface area contributed by atoms with Crippen LogP contribution in [0.5, 0.6) is 0 Å². The lowest BCUT2D eigenvalue weighted by molar-refractivity contribution is 0.103. The Bertz CT molecular complexity index is 1180. The lowest BCUT2D eigenvalue weighted by atomic mass is 9.93. The van der Waals surface area contributed by atoms with Crippen molar-refractivity contribution in [3.05, 3.63) is 112 Å². The first kappa shape index (κ1) is 17.4. The molecule has 0 aliphatic heterocycles. The van der Waals surface area contributed by atoms with Crippen molar-refractivity contribution in [1.29, 1.82) is 0 Å². The van der Waals surface area contributed by atoms with Gasteiger partial charge in [0, 0.05) is 22.4 Å². The zero-order valence-corrected chi connectivity index (χ0v) is 15.7. The fourth-order valence-electron chi connectivity index (χ4n) is 3.24. The van der Waals surface area contributed by atoms with Crippen molar-refractivity contribution in [3.8, 4) is 0 Å². The zero-order chi connectivity index (χ0) is 18.8. The third-order valence-electron chi connectivity index (χ3n) is 4.80. The monoisotopic (exact) mass is 370 g/mol. The molecule has 0 saturated carbocycles. The molecule has 1 aromatic heterocycles. The summed E-state index contributed by atoms with van der Waals surface area (Å²) in [5.41, 5.74) is 2.38. The highest BCUT2D eigenvalue weighted by molar-refractivity contribution is 7.71. The minimum absolute atomic E-state index is 0.0140. The van der Waals surface area contributed by atoms with Gasteiger partial charge in [0.25, 0.3) is 0 Å². The van der Waals surface area contributed by atoms with Crippen LogP contribution in [0.2, 0.25) is 0 Å². The van der Waals surface area contributed by atoms with Crippen molar-refractivity contribution >= 4 is 28.8 Å². The van der Waals surface area contributed by atoms with Crippen LogP contribution in [0.4, 0.5) is 0 Å². The van der Waals surface area contributed by atoms with Crippen molar-refractivity contribution in [1.82, 2.24) is 0 Å². The number of carbonyl (C=O) groups excluding carboxylic acids is 1. The SMILES string of the molecule is CC(c1cccc(C(=O)c2ccccc2)c1)c1cc2ccccc2c(=S)o1. The number of hydrogen-bond donors (Lipinski definition) is 0. The van der Waals surface area contributed by atoms with Gasteiger partial charge in [-0.25, -0.2) is 0 Å². The average molecular weight is 370 g/mol. The first-order chi connectivity index (χ1) is 13.1. The van der Waals surface area contributed by atoms with Gasteiger partial charge in [0.15, 0.2) is 10.5 Å². The first-order valence-electron chi connectivity index (χ1n) is 8.86. The predicted molar refractivity (Wildman–Crippen MR) is 111 cm³/mol. The van der Waals surface area contributed by atoms with Crippen LogP contribution in [-0.4, -0.2) is 5.78 Å². The van der Waals surface area contributed by atoms with Crippen LogP contribution in [0.3, 0.4) is 0 Å². The third kappa shape index (κ3) is 3.46. The molecule has 2 nitrogen and oxygen atoms in total. The number of ketones is 1. The maximum Gasteiger partial charge on any atom is 0.198 e. The molecule has 0 fully saturated rings. The lowest BCUT2D eigenvalue weighted by Gasteiger charge is -2.13. The second-order valence-electron chi connectivity index (χ2n) is 6.57. The van der Waals surface area contributed by atoms with E-state index >= 15 is 0 Å². The van der Waals surface area contributed by atoms with E-state index < -0.39 is 0 Å². The molecule has 1 unspecified atom stereocenters. The molecule has 1 heterocycles. The molecule has 0 amide bonds. The molecule has 1 atom stereocenters. The summed E-state index contributed by atoms with van der Waals surface area (Å²) in [5.74, 6) is 0.798. The van der Waals surface area contributed by atoms with Crippen LogP contribution in [0, 0.1) is 4.71 Å². The highest BCUT2D eigenvalue weighted by Crippen LogP contribution is 2.29. The van der Waals surface area contributed by atoms with E-state index in [-0.39, 0.29) is 11.7 Å². The van der Waals surface area contributed by atoms with E-state index in [1.54, 1.807) is 0 Å². The number of rotatable bonds is 4. The summed E-state index contributed by atoms with van der Waals surface area (Å²) in [6, 6.07) is 27.0. The van der Waals surface area contributed by atoms with E-state index in [0.29, 0.717) is 15.8 Å². The highest BCUT2D eigenvalue weighted by atomic mass is 32.1. The summed E-state index contributed by atoms with van der Waals surface area (Å²) in [6.45, 7) is 2.06. The Kier molecular flexibility index (Phi) is 4.69. The topological polar surface area (TPSA) is 30.2 Å². The minimum atomic E-state index is -0.0140. The van der Waals surface area contributed by atoms with Crippen molar-refractivity contribution in [3.63, 3.8) is 0 Å². The smallest absolute Gasteiger partial charge is 0.198 e. The van der Waals surface area contributed by atoms with Crippen LogP contribution >= 0.6 is 12.2 Å². The average Bonchev–Trinajstić information content (AvgIpc) is 2.73. The van der Waals surface area contributed by atoms with E-state index in [4.69, 9.17) is 16.6 Å². The van der Waals surface area contributed by atoms with Gasteiger partial charge in [0.2, 0.25) is 0 Å². The molecular formula is C24H18O2S. The molecule has 3 aromatic carbocycles. The minimum Gasteiger partial charge on any atom is -0.449 e. The van der Waals surface area contributed by atoms with Crippen molar-refractivity contribution in [2.75, 3.05) is 0 Å². The Morgan fingerprint density at radius 2 is 1.56 bits per heavy atom. The summed E-state index contributed by atoms with van der Waals surface area (Å²) < 4.78 is 6.41. The Balaban J connectivity index is 1.72. The van der Waals surface area contributed by atoms with E-state index in [1.807, 2.05) is 84.9 Å². The van der Waals surface area contributed by atoms with Crippen molar-refractivity contribution in [2.24, 2.45) is 0 Å². The summed E-state index contributed by atoms with van der Waals surface area (Å²) in [7, 11) is 0. The van der Waals surface area contributed by atoms with Gasteiger partial charge in [-0.1, -0.05) is 73.7 Å². The van der Waals surface area contributed by atoms with Crippen LogP contribution < -0.4 is 0 Å². The van der Waals surface area contributed by atoms with E-state index in [9.17, 15) is 4.79 Å².